The number of hydrogen-bond acceptors (Lipinski definition) is 3. The molecule has 1 fully saturated rings. The third kappa shape index (κ3) is 3.48. The number of rotatable bonds is 4. The number of H-pyrrole nitrogens is 1. The zero-order valence-corrected chi connectivity index (χ0v) is 15.3. The van der Waals surface area contributed by atoms with E-state index < -0.39 is 10.0 Å². The molecule has 0 radical (unpaired) electrons. The average Bonchev–Trinajstić information content (AvgIpc) is 2.92. The number of amides is 1. The molecule has 1 saturated heterocycles. The first-order valence-electron chi connectivity index (χ1n) is 8.47. The normalized spacial score (nSPS) is 15.9. The summed E-state index contributed by atoms with van der Waals surface area (Å²) in [6, 6.07) is 9.09. The molecular weight excluding hydrogens is 338 g/mol. The Bertz CT molecular complexity index is 866. The predicted molar refractivity (Wildman–Crippen MR) is 97.3 cm³/mol. The van der Waals surface area contributed by atoms with Gasteiger partial charge < -0.3 is 10.3 Å². The second-order valence-electron chi connectivity index (χ2n) is 6.36. The molecule has 0 unspecified atom stereocenters. The average molecular weight is 361 g/mol. The van der Waals surface area contributed by atoms with Gasteiger partial charge in [-0.1, -0.05) is 24.6 Å². The van der Waals surface area contributed by atoms with Gasteiger partial charge in [-0.25, -0.2) is 8.42 Å². The van der Waals surface area contributed by atoms with Gasteiger partial charge in [-0.15, -0.1) is 0 Å². The number of carbonyl (C=O) groups is 1. The lowest BCUT2D eigenvalue weighted by molar-refractivity contribution is 0.102. The van der Waals surface area contributed by atoms with Crippen molar-refractivity contribution in [2.75, 3.05) is 18.4 Å². The summed E-state index contributed by atoms with van der Waals surface area (Å²) in [5.41, 5.74) is 1.93. The van der Waals surface area contributed by atoms with E-state index in [-0.39, 0.29) is 16.5 Å². The van der Waals surface area contributed by atoms with Gasteiger partial charge in [0.15, 0.2) is 0 Å². The molecular formula is C18H23N3O3S. The van der Waals surface area contributed by atoms with Gasteiger partial charge in [0.25, 0.3) is 5.91 Å². The lowest BCUT2D eigenvalue weighted by atomic mass is 10.2. The lowest BCUT2D eigenvalue weighted by Gasteiger charge is -2.26. The first kappa shape index (κ1) is 17.7. The van der Waals surface area contributed by atoms with E-state index >= 15 is 0 Å². The van der Waals surface area contributed by atoms with Crippen LogP contribution in [-0.2, 0) is 10.0 Å². The molecule has 1 aromatic carbocycles. The van der Waals surface area contributed by atoms with E-state index in [0.717, 1.165) is 19.3 Å². The Morgan fingerprint density at radius 1 is 1.08 bits per heavy atom. The van der Waals surface area contributed by atoms with E-state index in [1.165, 1.54) is 4.31 Å². The van der Waals surface area contributed by atoms with Crippen LogP contribution >= 0.6 is 0 Å². The van der Waals surface area contributed by atoms with Gasteiger partial charge in [0.2, 0.25) is 10.0 Å². The number of anilines is 1. The van der Waals surface area contributed by atoms with E-state index in [1.54, 1.807) is 26.0 Å². The van der Waals surface area contributed by atoms with Gasteiger partial charge in [-0.05, 0) is 44.4 Å². The minimum atomic E-state index is -3.59. The minimum Gasteiger partial charge on any atom is -0.353 e. The number of sulfonamides is 1. The molecule has 2 aromatic rings. The van der Waals surface area contributed by atoms with Crippen LogP contribution in [0.4, 0.5) is 5.69 Å². The van der Waals surface area contributed by atoms with Crippen LogP contribution in [0.3, 0.4) is 0 Å². The smallest absolute Gasteiger partial charge is 0.272 e. The predicted octanol–water partition coefficient (Wildman–Crippen LogP) is 3.06. The van der Waals surface area contributed by atoms with Gasteiger partial charge in [0.05, 0.1) is 0 Å². The molecule has 25 heavy (non-hydrogen) atoms. The minimum absolute atomic E-state index is 0.229. The van der Waals surface area contributed by atoms with Crippen LogP contribution in [-0.4, -0.2) is 36.7 Å². The van der Waals surface area contributed by atoms with E-state index in [2.05, 4.69) is 10.3 Å². The monoisotopic (exact) mass is 361 g/mol. The first-order valence-corrected chi connectivity index (χ1v) is 9.91. The van der Waals surface area contributed by atoms with Crippen LogP contribution in [0.2, 0.25) is 0 Å². The first-order chi connectivity index (χ1) is 11.9. The summed E-state index contributed by atoms with van der Waals surface area (Å²) < 4.78 is 27.5. The number of para-hydroxylation sites is 1. The van der Waals surface area contributed by atoms with Crippen LogP contribution in [0.25, 0.3) is 0 Å². The molecule has 0 atom stereocenters. The summed E-state index contributed by atoms with van der Waals surface area (Å²) in [5, 5.41) is 2.79. The maximum atomic E-state index is 13.0. The van der Waals surface area contributed by atoms with Crippen LogP contribution in [0, 0.1) is 13.8 Å². The Kier molecular flexibility index (Phi) is 4.96. The van der Waals surface area contributed by atoms with Crippen molar-refractivity contribution in [2.45, 2.75) is 38.0 Å². The number of benzene rings is 1. The van der Waals surface area contributed by atoms with Crippen LogP contribution in [0.5, 0.6) is 0 Å². The molecule has 6 nitrogen and oxygen atoms in total. The van der Waals surface area contributed by atoms with Crippen molar-refractivity contribution in [3.63, 3.8) is 0 Å². The van der Waals surface area contributed by atoms with Gasteiger partial charge in [0, 0.05) is 24.5 Å². The fraction of sp³-hybridized carbons (Fsp3) is 0.389. The summed E-state index contributed by atoms with van der Waals surface area (Å²) in [7, 11) is -3.59. The highest BCUT2D eigenvalue weighted by Gasteiger charge is 2.32. The molecule has 2 N–H and O–H groups in total. The van der Waals surface area contributed by atoms with E-state index in [9.17, 15) is 13.2 Å². The highest BCUT2D eigenvalue weighted by Crippen LogP contribution is 2.28. The molecule has 0 saturated carbocycles. The number of piperidine rings is 1. The molecule has 0 bridgehead atoms. The van der Waals surface area contributed by atoms with E-state index in [1.807, 2.05) is 18.2 Å². The van der Waals surface area contributed by atoms with Crippen molar-refractivity contribution in [1.82, 2.24) is 9.29 Å². The topological polar surface area (TPSA) is 82.3 Å². The van der Waals surface area contributed by atoms with Crippen LogP contribution in [0.1, 0.15) is 41.0 Å². The molecule has 1 aromatic heterocycles. The SMILES string of the molecule is Cc1[nH]c(C(=O)Nc2ccccc2)c(C)c1S(=O)(=O)N1CCCCC1. The summed E-state index contributed by atoms with van der Waals surface area (Å²) in [5.74, 6) is -0.341. The maximum Gasteiger partial charge on any atom is 0.272 e. The Hall–Kier alpha value is -2.12. The van der Waals surface area contributed by atoms with Crippen molar-refractivity contribution < 1.29 is 13.2 Å². The summed E-state index contributed by atoms with van der Waals surface area (Å²) in [4.78, 5) is 15.7. The molecule has 1 amide bonds. The largest absolute Gasteiger partial charge is 0.353 e. The van der Waals surface area contributed by atoms with Gasteiger partial charge >= 0.3 is 0 Å². The molecule has 1 aliphatic rings. The third-order valence-corrected chi connectivity index (χ3v) is 6.71. The van der Waals surface area contributed by atoms with Crippen molar-refractivity contribution >= 4 is 21.6 Å². The van der Waals surface area contributed by atoms with E-state index in [4.69, 9.17) is 0 Å². The highest BCUT2D eigenvalue weighted by molar-refractivity contribution is 7.89. The Morgan fingerprint density at radius 2 is 1.72 bits per heavy atom. The Balaban J connectivity index is 1.91. The number of nitrogens with one attached hydrogen (secondary N) is 2. The fourth-order valence-electron chi connectivity index (χ4n) is 3.30. The third-order valence-electron chi connectivity index (χ3n) is 4.54. The molecule has 2 heterocycles. The second-order valence-corrected chi connectivity index (χ2v) is 8.24. The molecule has 7 heteroatoms. The van der Waals surface area contributed by atoms with Crippen molar-refractivity contribution in [2.24, 2.45) is 0 Å². The number of nitrogens with zero attached hydrogens (tertiary/aromatic N) is 1. The number of carbonyl (C=O) groups excluding carboxylic acids is 1. The maximum absolute atomic E-state index is 13.0. The van der Waals surface area contributed by atoms with Gasteiger partial charge in [-0.2, -0.15) is 4.31 Å². The van der Waals surface area contributed by atoms with Gasteiger partial charge in [0.1, 0.15) is 10.6 Å². The van der Waals surface area contributed by atoms with Crippen molar-refractivity contribution in [3.05, 3.63) is 47.3 Å². The zero-order valence-electron chi connectivity index (χ0n) is 14.5. The number of aromatic nitrogens is 1. The molecule has 134 valence electrons. The molecule has 0 aliphatic carbocycles. The van der Waals surface area contributed by atoms with Gasteiger partial charge in [-0.3, -0.25) is 4.79 Å². The molecule has 1 aliphatic heterocycles. The zero-order chi connectivity index (χ0) is 18.0. The Morgan fingerprint density at radius 3 is 2.36 bits per heavy atom. The van der Waals surface area contributed by atoms with E-state index in [0.29, 0.717) is 30.0 Å². The van der Waals surface area contributed by atoms with Crippen LogP contribution < -0.4 is 5.32 Å². The van der Waals surface area contributed by atoms with Crippen LogP contribution in [0.15, 0.2) is 35.2 Å². The summed E-state index contributed by atoms with van der Waals surface area (Å²) in [6.07, 6.45) is 2.81. The lowest BCUT2D eigenvalue weighted by Crippen LogP contribution is -2.36. The Labute approximate surface area is 148 Å². The number of aromatic amines is 1. The highest BCUT2D eigenvalue weighted by atomic mass is 32.2. The summed E-state index contributed by atoms with van der Waals surface area (Å²) in [6.45, 7) is 4.46. The second kappa shape index (κ2) is 7.01. The van der Waals surface area contributed by atoms with Crippen molar-refractivity contribution in [1.29, 1.82) is 0 Å². The standard InChI is InChI=1S/C18H23N3O3S/c1-13-16(18(22)20-15-9-5-3-6-10-15)19-14(2)17(13)25(23,24)21-11-7-4-8-12-21/h3,5-6,9-10,19H,4,7-8,11-12H2,1-2H3,(H,20,22). The quantitative estimate of drug-likeness (QED) is 0.878. The number of aryl methyl sites for hydroxylation is 1. The number of hydrogen-bond donors (Lipinski definition) is 2. The molecule has 0 spiro atoms. The van der Waals surface area contributed by atoms with Crippen molar-refractivity contribution in [3.8, 4) is 0 Å². The molecule has 3 rings (SSSR count). The fourth-order valence-corrected chi connectivity index (χ4v) is 5.22. The summed E-state index contributed by atoms with van der Waals surface area (Å²) >= 11 is 0.